The number of anilines is 1. The summed E-state index contributed by atoms with van der Waals surface area (Å²) in [7, 11) is 0. The Hall–Kier alpha value is -3.22. The van der Waals surface area contributed by atoms with Gasteiger partial charge in [-0.1, -0.05) is 0 Å². The first-order valence-electron chi connectivity index (χ1n) is 7.61. The number of nitro groups is 1. The second-order valence-corrected chi connectivity index (χ2v) is 5.88. The van der Waals surface area contributed by atoms with Crippen LogP contribution in [-0.2, 0) is 16.0 Å². The number of aromatic nitrogens is 1. The summed E-state index contributed by atoms with van der Waals surface area (Å²) in [5.41, 5.74) is 2.27. The van der Waals surface area contributed by atoms with Crippen LogP contribution in [0, 0.1) is 10.1 Å². The largest absolute Gasteiger partial charge is 0.573 e. The van der Waals surface area contributed by atoms with E-state index >= 15 is 0 Å². The van der Waals surface area contributed by atoms with Gasteiger partial charge in [-0.2, -0.15) is 5.10 Å². The van der Waals surface area contributed by atoms with Crippen molar-refractivity contribution < 1.29 is 32.4 Å². The van der Waals surface area contributed by atoms with Crippen LogP contribution in [0.1, 0.15) is 18.2 Å². The molecule has 0 atom stereocenters. The highest BCUT2D eigenvalue weighted by Crippen LogP contribution is 2.27. The molecule has 1 N–H and O–H groups in total. The first-order chi connectivity index (χ1) is 13.2. The van der Waals surface area contributed by atoms with Crippen molar-refractivity contribution in [1.29, 1.82) is 0 Å². The van der Waals surface area contributed by atoms with Gasteiger partial charge in [-0.15, -0.1) is 24.5 Å². The summed E-state index contributed by atoms with van der Waals surface area (Å²) < 4.78 is 45.5. The number of hydrazone groups is 1. The number of hydrogen-bond donors (Lipinski definition) is 1. The number of alkyl halides is 3. The number of benzene rings is 1. The van der Waals surface area contributed by atoms with Crippen molar-refractivity contribution in [3.63, 3.8) is 0 Å². The molecule has 0 radical (unpaired) electrons. The second kappa shape index (κ2) is 9.12. The van der Waals surface area contributed by atoms with Gasteiger partial charge in [0, 0.05) is 11.4 Å². The first kappa shape index (κ1) is 21.1. The van der Waals surface area contributed by atoms with E-state index in [9.17, 15) is 28.1 Å². The van der Waals surface area contributed by atoms with Crippen LogP contribution in [0.2, 0.25) is 0 Å². The number of hydrogen-bond acceptors (Lipinski definition) is 9. The number of ether oxygens (including phenoxy) is 2. The average Bonchev–Trinajstić information content (AvgIpc) is 3.00. The molecule has 0 unspecified atom stereocenters. The van der Waals surface area contributed by atoms with Crippen LogP contribution in [-0.4, -0.2) is 35.1 Å². The van der Waals surface area contributed by atoms with Gasteiger partial charge < -0.3 is 9.47 Å². The lowest BCUT2D eigenvalue weighted by atomic mass is 10.2. The normalized spacial score (nSPS) is 11.4. The molecule has 0 saturated carbocycles. The molecule has 0 aliphatic heterocycles. The molecular weight excluding hydrogens is 405 g/mol. The molecule has 13 heteroatoms. The first-order valence-corrected chi connectivity index (χ1v) is 8.49. The molecule has 0 aliphatic carbocycles. The topological polar surface area (TPSA) is 116 Å². The minimum absolute atomic E-state index is 0.0297. The molecule has 0 saturated heterocycles. The molecule has 28 heavy (non-hydrogen) atoms. The van der Waals surface area contributed by atoms with Gasteiger partial charge in [-0.25, -0.2) is 4.98 Å². The molecule has 0 fully saturated rings. The molecular formula is C15H13F3N4O5S. The molecule has 1 aromatic heterocycles. The number of rotatable bonds is 8. The van der Waals surface area contributed by atoms with E-state index in [0.29, 0.717) is 5.69 Å². The Morgan fingerprint density at radius 3 is 2.86 bits per heavy atom. The maximum absolute atomic E-state index is 12.3. The third-order valence-corrected chi connectivity index (χ3v) is 3.77. The monoisotopic (exact) mass is 418 g/mol. The Kier molecular flexibility index (Phi) is 6.87. The standard InChI is InChI=1S/C15H13F3N4O5S/c1-2-26-13(23)6-10-8-28-14(20-10)21-19-7-9-5-11(27-15(16,17)18)3-4-12(9)22(24)25/h3-5,7-8H,2,6H2,1H3,(H,20,21). The Labute approximate surface area is 159 Å². The molecule has 0 spiro atoms. The Balaban J connectivity index is 2.10. The summed E-state index contributed by atoms with van der Waals surface area (Å²) in [5.74, 6) is -1.06. The summed E-state index contributed by atoms with van der Waals surface area (Å²) in [6.45, 7) is 1.92. The molecule has 0 aliphatic rings. The fourth-order valence-electron chi connectivity index (χ4n) is 1.96. The molecule has 2 rings (SSSR count). The fourth-order valence-corrected chi connectivity index (χ4v) is 2.61. The van der Waals surface area contributed by atoms with Crippen molar-refractivity contribution in [3.05, 3.63) is 45.0 Å². The van der Waals surface area contributed by atoms with Crippen molar-refractivity contribution >= 4 is 34.3 Å². The van der Waals surface area contributed by atoms with E-state index in [-0.39, 0.29) is 23.7 Å². The number of halogens is 3. The highest BCUT2D eigenvalue weighted by molar-refractivity contribution is 7.13. The number of esters is 1. The summed E-state index contributed by atoms with van der Waals surface area (Å²) in [5, 5.41) is 16.6. The Morgan fingerprint density at radius 2 is 2.21 bits per heavy atom. The summed E-state index contributed by atoms with van der Waals surface area (Å²) in [4.78, 5) is 25.7. The number of nitro benzene ring substituents is 1. The summed E-state index contributed by atoms with van der Waals surface area (Å²) in [6.07, 6.45) is -4.00. The highest BCUT2D eigenvalue weighted by atomic mass is 32.1. The number of thiazole rings is 1. The third kappa shape index (κ3) is 6.50. The Bertz CT molecular complexity index is 885. The lowest BCUT2D eigenvalue weighted by Gasteiger charge is -2.09. The zero-order chi connectivity index (χ0) is 20.7. The predicted molar refractivity (Wildman–Crippen MR) is 93.4 cm³/mol. The minimum atomic E-state index is -4.93. The van der Waals surface area contributed by atoms with E-state index in [2.05, 4.69) is 20.2 Å². The Morgan fingerprint density at radius 1 is 1.46 bits per heavy atom. The van der Waals surface area contributed by atoms with Crippen molar-refractivity contribution in [2.24, 2.45) is 5.10 Å². The molecule has 1 aromatic carbocycles. The number of nitrogens with zero attached hydrogens (tertiary/aromatic N) is 3. The highest BCUT2D eigenvalue weighted by Gasteiger charge is 2.31. The molecule has 2 aromatic rings. The quantitative estimate of drug-likeness (QED) is 0.302. The van der Waals surface area contributed by atoms with Gasteiger partial charge in [0.15, 0.2) is 0 Å². The molecule has 150 valence electrons. The SMILES string of the molecule is CCOC(=O)Cc1csc(NN=Cc2cc(OC(F)(F)F)ccc2[N+](=O)[O-])n1. The van der Waals surface area contributed by atoms with Gasteiger partial charge >= 0.3 is 12.3 Å². The maximum Gasteiger partial charge on any atom is 0.573 e. The molecule has 9 nitrogen and oxygen atoms in total. The van der Waals surface area contributed by atoms with Gasteiger partial charge in [-0.05, 0) is 19.1 Å². The van der Waals surface area contributed by atoms with E-state index < -0.39 is 28.7 Å². The van der Waals surface area contributed by atoms with Crippen LogP contribution in [0.25, 0.3) is 0 Å². The predicted octanol–water partition coefficient (Wildman–Crippen LogP) is 3.50. The minimum Gasteiger partial charge on any atom is -0.466 e. The number of carbonyl (C=O) groups excluding carboxylic acids is 1. The number of carbonyl (C=O) groups is 1. The van der Waals surface area contributed by atoms with E-state index in [4.69, 9.17) is 4.74 Å². The van der Waals surface area contributed by atoms with E-state index in [1.54, 1.807) is 12.3 Å². The van der Waals surface area contributed by atoms with E-state index in [0.717, 1.165) is 35.8 Å². The lowest BCUT2D eigenvalue weighted by Crippen LogP contribution is -2.17. The maximum atomic E-state index is 12.3. The second-order valence-electron chi connectivity index (χ2n) is 5.02. The van der Waals surface area contributed by atoms with Gasteiger partial charge in [0.2, 0.25) is 5.13 Å². The van der Waals surface area contributed by atoms with Crippen LogP contribution in [0.3, 0.4) is 0 Å². The van der Waals surface area contributed by atoms with Crippen molar-refractivity contribution in [2.45, 2.75) is 19.7 Å². The van der Waals surface area contributed by atoms with E-state index in [1.807, 2.05) is 0 Å². The van der Waals surface area contributed by atoms with Gasteiger partial charge in [0.05, 0.1) is 35.4 Å². The van der Waals surface area contributed by atoms with Crippen LogP contribution in [0.15, 0.2) is 28.7 Å². The summed E-state index contributed by atoms with van der Waals surface area (Å²) >= 11 is 1.12. The third-order valence-electron chi connectivity index (χ3n) is 2.98. The van der Waals surface area contributed by atoms with Gasteiger partial charge in [0.25, 0.3) is 5.69 Å². The average molecular weight is 418 g/mol. The van der Waals surface area contributed by atoms with Crippen LogP contribution in [0.4, 0.5) is 24.0 Å². The smallest absolute Gasteiger partial charge is 0.466 e. The summed E-state index contributed by atoms with van der Waals surface area (Å²) in [6, 6.07) is 2.55. The van der Waals surface area contributed by atoms with Crippen LogP contribution < -0.4 is 10.2 Å². The van der Waals surface area contributed by atoms with Crippen molar-refractivity contribution in [3.8, 4) is 5.75 Å². The van der Waals surface area contributed by atoms with Crippen molar-refractivity contribution in [2.75, 3.05) is 12.0 Å². The zero-order valence-corrected chi connectivity index (χ0v) is 15.0. The fraction of sp³-hybridized carbons (Fsp3) is 0.267. The molecule has 0 amide bonds. The van der Waals surface area contributed by atoms with Crippen molar-refractivity contribution in [1.82, 2.24) is 4.98 Å². The van der Waals surface area contributed by atoms with Crippen LogP contribution in [0.5, 0.6) is 5.75 Å². The lowest BCUT2D eigenvalue weighted by molar-refractivity contribution is -0.385. The molecule has 1 heterocycles. The van der Waals surface area contributed by atoms with Gasteiger partial charge in [0.1, 0.15) is 5.75 Å². The molecule has 0 bridgehead atoms. The number of nitrogens with one attached hydrogen (secondary N) is 1. The zero-order valence-electron chi connectivity index (χ0n) is 14.2. The van der Waals surface area contributed by atoms with E-state index in [1.165, 1.54) is 0 Å². The van der Waals surface area contributed by atoms with Gasteiger partial charge in [-0.3, -0.25) is 20.3 Å². The van der Waals surface area contributed by atoms with Crippen LogP contribution >= 0.6 is 11.3 Å².